The summed E-state index contributed by atoms with van der Waals surface area (Å²) in [5.74, 6) is 3.11. The molecule has 4 saturated carbocycles. The molecule has 0 aromatic heterocycles. The molecule has 0 aromatic rings. The molecule has 3 atom stereocenters. The molecule has 4 bridgehead atoms. The van der Waals surface area contributed by atoms with Gasteiger partial charge in [0.1, 0.15) is 0 Å². The number of carbonyl (C=O) groups is 1. The molecule has 3 unspecified atom stereocenters. The summed E-state index contributed by atoms with van der Waals surface area (Å²) in [6.45, 7) is 0. The van der Waals surface area contributed by atoms with Gasteiger partial charge in [0, 0.05) is 17.9 Å². The maximum Gasteiger partial charge on any atom is 0.220 e. The predicted molar refractivity (Wildman–Crippen MR) is 52.5 cm³/mol. The van der Waals surface area contributed by atoms with Crippen molar-refractivity contribution in [2.75, 3.05) is 0 Å². The second-order valence-corrected chi connectivity index (χ2v) is 6.19. The number of hydrogen-bond donors (Lipinski definition) is 1. The van der Waals surface area contributed by atoms with Crippen LogP contribution in [0.1, 0.15) is 38.5 Å². The zero-order chi connectivity index (χ0) is 9.34. The molecule has 1 N–H and O–H groups in total. The Hall–Kier alpha value is -0.530. The maximum absolute atomic E-state index is 11.6. The first kappa shape index (κ1) is 7.72. The van der Waals surface area contributed by atoms with Gasteiger partial charge in [-0.15, -0.1) is 0 Å². The topological polar surface area (TPSA) is 29.1 Å². The minimum atomic E-state index is 0.336. The zero-order valence-electron chi connectivity index (χ0n) is 8.46. The molecular weight excluding hydrogens is 174 g/mol. The average molecular weight is 191 g/mol. The normalized spacial score (nSPS) is 58.7. The van der Waals surface area contributed by atoms with Crippen LogP contribution in [0, 0.1) is 23.2 Å². The predicted octanol–water partition coefficient (Wildman–Crippen LogP) is 1.70. The van der Waals surface area contributed by atoms with Crippen molar-refractivity contribution in [1.29, 1.82) is 0 Å². The van der Waals surface area contributed by atoms with Crippen LogP contribution < -0.4 is 5.32 Å². The maximum atomic E-state index is 11.6. The quantitative estimate of drug-likeness (QED) is 0.620. The summed E-state index contributed by atoms with van der Waals surface area (Å²) in [5, 5.41) is 3.25. The van der Waals surface area contributed by atoms with Gasteiger partial charge in [-0.25, -0.2) is 0 Å². The molecule has 2 heteroatoms. The molecule has 4 aliphatic carbocycles. The largest absolute Gasteiger partial charge is 0.353 e. The van der Waals surface area contributed by atoms with E-state index in [-0.39, 0.29) is 0 Å². The third kappa shape index (κ3) is 0.768. The van der Waals surface area contributed by atoms with Crippen LogP contribution in [-0.2, 0) is 4.79 Å². The van der Waals surface area contributed by atoms with Crippen LogP contribution >= 0.6 is 0 Å². The first-order chi connectivity index (χ1) is 6.75. The van der Waals surface area contributed by atoms with Gasteiger partial charge in [0.05, 0.1) is 0 Å². The SMILES string of the molecule is O=C1CC23CC4CC(CC(C4)C2N1)C3. The Balaban J connectivity index is 1.80. The molecule has 5 rings (SSSR count). The van der Waals surface area contributed by atoms with Crippen molar-refractivity contribution in [3.8, 4) is 0 Å². The zero-order valence-corrected chi connectivity index (χ0v) is 8.46. The highest BCUT2D eigenvalue weighted by molar-refractivity contribution is 5.80. The van der Waals surface area contributed by atoms with Gasteiger partial charge in [0.15, 0.2) is 0 Å². The van der Waals surface area contributed by atoms with Crippen LogP contribution in [-0.4, -0.2) is 11.9 Å². The smallest absolute Gasteiger partial charge is 0.220 e. The fourth-order valence-corrected chi connectivity index (χ4v) is 5.28. The van der Waals surface area contributed by atoms with Crippen LogP contribution in [0.2, 0.25) is 0 Å². The number of hydrogen-bond acceptors (Lipinski definition) is 1. The molecule has 1 heterocycles. The Labute approximate surface area is 84.4 Å². The lowest BCUT2D eigenvalue weighted by atomic mass is 9.48. The van der Waals surface area contributed by atoms with E-state index in [1.54, 1.807) is 0 Å². The molecule has 5 aliphatic rings. The van der Waals surface area contributed by atoms with Gasteiger partial charge in [-0.3, -0.25) is 4.79 Å². The van der Waals surface area contributed by atoms with Crippen molar-refractivity contribution < 1.29 is 4.79 Å². The third-order valence-electron chi connectivity index (χ3n) is 5.29. The summed E-state index contributed by atoms with van der Waals surface area (Å²) in [4.78, 5) is 11.6. The lowest BCUT2D eigenvalue weighted by Crippen LogP contribution is -2.56. The summed E-state index contributed by atoms with van der Waals surface area (Å²) in [6, 6.07) is 0.572. The van der Waals surface area contributed by atoms with E-state index in [0.717, 1.165) is 24.2 Å². The summed E-state index contributed by atoms with van der Waals surface area (Å²) in [6.07, 6.45) is 7.83. The Bertz CT molecular complexity index is 297. The highest BCUT2D eigenvalue weighted by Crippen LogP contribution is 2.62. The summed E-state index contributed by atoms with van der Waals surface area (Å²) >= 11 is 0. The number of carbonyl (C=O) groups excluding carboxylic acids is 1. The van der Waals surface area contributed by atoms with Gasteiger partial charge in [-0.2, -0.15) is 0 Å². The van der Waals surface area contributed by atoms with Gasteiger partial charge < -0.3 is 5.32 Å². The van der Waals surface area contributed by atoms with Crippen LogP contribution in [0.15, 0.2) is 0 Å². The van der Waals surface area contributed by atoms with Gasteiger partial charge in [0.2, 0.25) is 5.91 Å². The lowest BCUT2D eigenvalue weighted by molar-refractivity contribution is -0.120. The minimum absolute atomic E-state index is 0.336. The van der Waals surface area contributed by atoms with Crippen molar-refractivity contribution >= 4 is 5.91 Å². The highest BCUT2D eigenvalue weighted by Gasteiger charge is 2.60. The Kier molecular flexibility index (Phi) is 1.20. The van der Waals surface area contributed by atoms with E-state index in [4.69, 9.17) is 0 Å². The van der Waals surface area contributed by atoms with Crippen molar-refractivity contribution in [1.82, 2.24) is 5.32 Å². The number of rotatable bonds is 0. The molecular formula is C12H17NO. The molecule has 5 fully saturated rings. The fraction of sp³-hybridized carbons (Fsp3) is 0.917. The lowest BCUT2D eigenvalue weighted by Gasteiger charge is -2.58. The van der Waals surface area contributed by atoms with E-state index in [1.165, 1.54) is 32.1 Å². The highest BCUT2D eigenvalue weighted by atomic mass is 16.2. The van der Waals surface area contributed by atoms with E-state index < -0.39 is 0 Å². The van der Waals surface area contributed by atoms with E-state index in [9.17, 15) is 4.79 Å². The van der Waals surface area contributed by atoms with E-state index in [2.05, 4.69) is 5.32 Å². The van der Waals surface area contributed by atoms with Crippen molar-refractivity contribution in [3.63, 3.8) is 0 Å². The first-order valence-corrected chi connectivity index (χ1v) is 6.05. The minimum Gasteiger partial charge on any atom is -0.353 e. The molecule has 14 heavy (non-hydrogen) atoms. The molecule has 1 amide bonds. The van der Waals surface area contributed by atoms with Gasteiger partial charge in [-0.1, -0.05) is 0 Å². The fourth-order valence-electron chi connectivity index (χ4n) is 5.28. The summed E-state index contributed by atoms with van der Waals surface area (Å²) in [7, 11) is 0. The van der Waals surface area contributed by atoms with E-state index in [0.29, 0.717) is 17.4 Å². The second-order valence-electron chi connectivity index (χ2n) is 6.19. The van der Waals surface area contributed by atoms with Crippen LogP contribution in [0.4, 0.5) is 0 Å². The Morgan fingerprint density at radius 2 is 1.86 bits per heavy atom. The van der Waals surface area contributed by atoms with Gasteiger partial charge >= 0.3 is 0 Å². The monoisotopic (exact) mass is 191 g/mol. The Morgan fingerprint density at radius 1 is 1.14 bits per heavy atom. The van der Waals surface area contributed by atoms with Crippen molar-refractivity contribution in [2.45, 2.75) is 44.6 Å². The van der Waals surface area contributed by atoms with Crippen molar-refractivity contribution in [3.05, 3.63) is 0 Å². The Morgan fingerprint density at radius 3 is 2.57 bits per heavy atom. The van der Waals surface area contributed by atoms with Crippen LogP contribution in [0.25, 0.3) is 0 Å². The molecule has 1 aliphatic heterocycles. The van der Waals surface area contributed by atoms with Crippen molar-refractivity contribution in [2.24, 2.45) is 23.2 Å². The van der Waals surface area contributed by atoms with E-state index >= 15 is 0 Å². The average Bonchev–Trinajstić information content (AvgIpc) is 2.40. The van der Waals surface area contributed by atoms with Gasteiger partial charge in [-0.05, 0) is 49.9 Å². The summed E-state index contributed by atoms with van der Waals surface area (Å²) in [5.41, 5.74) is 0.422. The first-order valence-electron chi connectivity index (χ1n) is 6.05. The molecule has 1 spiro atoms. The molecule has 2 nitrogen and oxygen atoms in total. The summed E-state index contributed by atoms with van der Waals surface area (Å²) < 4.78 is 0. The number of nitrogens with one attached hydrogen (secondary N) is 1. The molecule has 1 saturated heterocycles. The third-order valence-corrected chi connectivity index (χ3v) is 5.29. The molecule has 76 valence electrons. The second kappa shape index (κ2) is 2.17. The number of amides is 1. The van der Waals surface area contributed by atoms with Crippen LogP contribution in [0.3, 0.4) is 0 Å². The standard InChI is InChI=1S/C12H17NO/c14-10-6-12-4-7-1-8(5-12)3-9(2-7)11(12)13-10/h7-9,11H,1-6H2,(H,13,14). The molecule has 0 aromatic carbocycles. The van der Waals surface area contributed by atoms with Gasteiger partial charge in [0.25, 0.3) is 0 Å². The van der Waals surface area contributed by atoms with Crippen LogP contribution in [0.5, 0.6) is 0 Å². The van der Waals surface area contributed by atoms with E-state index in [1.807, 2.05) is 0 Å². The molecule has 0 radical (unpaired) electrons.